The molecule has 3 rings (SSSR count). The summed E-state index contributed by atoms with van der Waals surface area (Å²) in [4.78, 5) is 27.8. The van der Waals surface area contributed by atoms with Crippen molar-refractivity contribution < 1.29 is 29.3 Å². The fourth-order valence-corrected chi connectivity index (χ4v) is 6.52. The van der Waals surface area contributed by atoms with Crippen LogP contribution < -0.4 is 0 Å². The third-order valence-corrected chi connectivity index (χ3v) is 9.43. The summed E-state index contributed by atoms with van der Waals surface area (Å²) in [6.45, 7) is 25.2. The molecule has 7 heteroatoms. The van der Waals surface area contributed by atoms with Crippen LogP contribution in [0.4, 0.5) is 0 Å². The highest BCUT2D eigenvalue weighted by Gasteiger charge is 2.38. The van der Waals surface area contributed by atoms with Gasteiger partial charge in [0.05, 0.1) is 11.8 Å². The van der Waals surface area contributed by atoms with E-state index in [4.69, 9.17) is 9.47 Å². The monoisotopic (exact) mass is 640 g/mol. The van der Waals surface area contributed by atoms with E-state index in [2.05, 4.69) is 83.1 Å². The van der Waals surface area contributed by atoms with Gasteiger partial charge in [-0.2, -0.15) is 11.8 Å². The van der Waals surface area contributed by atoms with Crippen LogP contribution in [0, 0.1) is 11.8 Å². The number of cyclic esters (lactones) is 2. The van der Waals surface area contributed by atoms with Gasteiger partial charge < -0.3 is 19.7 Å². The predicted molar refractivity (Wildman–Crippen MR) is 185 cm³/mol. The summed E-state index contributed by atoms with van der Waals surface area (Å²) in [5.74, 6) is -0.670. The molecule has 2 aromatic rings. The Morgan fingerprint density at radius 1 is 0.578 bits per heavy atom. The zero-order chi connectivity index (χ0) is 34.1. The van der Waals surface area contributed by atoms with E-state index in [1.54, 1.807) is 11.8 Å². The molecule has 2 aromatic carbocycles. The van der Waals surface area contributed by atoms with Gasteiger partial charge in [-0.1, -0.05) is 107 Å². The molecule has 1 saturated heterocycles. The zero-order valence-electron chi connectivity index (χ0n) is 29.6. The Kier molecular flexibility index (Phi) is 11.1. The Labute approximate surface area is 275 Å². The Hall–Kier alpha value is -2.67. The zero-order valence-corrected chi connectivity index (χ0v) is 30.5. The molecule has 0 bridgehead atoms. The van der Waals surface area contributed by atoms with E-state index < -0.39 is 23.8 Å². The third-order valence-electron chi connectivity index (χ3n) is 8.52. The Balaban J connectivity index is 2.23. The average molecular weight is 641 g/mol. The lowest BCUT2D eigenvalue weighted by Crippen LogP contribution is -2.36. The molecule has 1 fully saturated rings. The second-order valence-corrected chi connectivity index (χ2v) is 17.9. The molecule has 1 aliphatic rings. The van der Waals surface area contributed by atoms with Crippen molar-refractivity contribution in [3.63, 3.8) is 0 Å². The first kappa shape index (κ1) is 36.8. The van der Waals surface area contributed by atoms with Crippen LogP contribution in [-0.4, -0.2) is 46.9 Å². The lowest BCUT2D eigenvalue weighted by molar-refractivity contribution is -0.160. The lowest BCUT2D eigenvalue weighted by Gasteiger charge is -2.31. The van der Waals surface area contributed by atoms with E-state index in [9.17, 15) is 19.8 Å². The first-order chi connectivity index (χ1) is 20.5. The summed E-state index contributed by atoms with van der Waals surface area (Å²) < 4.78 is 11.6. The molecular formula is C38H56O6S. The highest BCUT2D eigenvalue weighted by atomic mass is 32.2. The molecule has 1 heterocycles. The van der Waals surface area contributed by atoms with Crippen LogP contribution in [0.3, 0.4) is 0 Å². The van der Waals surface area contributed by atoms with E-state index in [1.165, 1.54) is 0 Å². The fourth-order valence-electron chi connectivity index (χ4n) is 5.92. The number of rotatable bonds is 4. The molecule has 2 N–H and O–H groups in total. The molecule has 0 radical (unpaired) electrons. The van der Waals surface area contributed by atoms with Crippen LogP contribution in [0.15, 0.2) is 24.3 Å². The Bertz CT molecular complexity index is 1210. The molecule has 2 unspecified atom stereocenters. The van der Waals surface area contributed by atoms with Crippen molar-refractivity contribution in [2.24, 2.45) is 11.8 Å². The van der Waals surface area contributed by atoms with Crippen molar-refractivity contribution in [1.82, 2.24) is 0 Å². The SMILES string of the molecule is CC(C)(C)c1cc(CC2C(=O)OCCSCCOC(=O)C2Cc2cc(C(C)(C)C)c(O)c(C(C)(C)C)c2)cc(C(C)(C)C)c1O. The maximum absolute atomic E-state index is 13.9. The summed E-state index contributed by atoms with van der Waals surface area (Å²) in [5.41, 5.74) is 3.55. The van der Waals surface area contributed by atoms with Gasteiger partial charge in [0.15, 0.2) is 0 Å². The maximum Gasteiger partial charge on any atom is 0.310 e. The minimum Gasteiger partial charge on any atom is -0.507 e. The molecule has 45 heavy (non-hydrogen) atoms. The lowest BCUT2D eigenvalue weighted by atomic mass is 9.75. The van der Waals surface area contributed by atoms with Gasteiger partial charge in [0.25, 0.3) is 0 Å². The third kappa shape index (κ3) is 9.21. The van der Waals surface area contributed by atoms with Gasteiger partial charge in [-0.3, -0.25) is 9.59 Å². The molecule has 1 aliphatic heterocycles. The number of hydrogen-bond donors (Lipinski definition) is 2. The van der Waals surface area contributed by atoms with Gasteiger partial charge in [0, 0.05) is 11.5 Å². The van der Waals surface area contributed by atoms with Gasteiger partial charge in [-0.15, -0.1) is 0 Å². The second kappa shape index (κ2) is 13.6. The highest BCUT2D eigenvalue weighted by molar-refractivity contribution is 7.99. The number of phenols is 2. The van der Waals surface area contributed by atoms with Crippen LogP contribution in [0.1, 0.15) is 116 Å². The van der Waals surface area contributed by atoms with Gasteiger partial charge in [0.2, 0.25) is 0 Å². The number of benzene rings is 2. The van der Waals surface area contributed by atoms with E-state index in [0.29, 0.717) is 11.5 Å². The number of esters is 2. The summed E-state index contributed by atoms with van der Waals surface area (Å²) in [6, 6.07) is 7.88. The molecule has 0 aromatic heterocycles. The Morgan fingerprint density at radius 3 is 1.09 bits per heavy atom. The molecule has 0 spiro atoms. The van der Waals surface area contributed by atoms with Crippen LogP contribution in [-0.2, 0) is 53.6 Å². The van der Waals surface area contributed by atoms with E-state index >= 15 is 0 Å². The first-order valence-electron chi connectivity index (χ1n) is 16.2. The number of carbonyl (C=O) groups is 2. The number of hydrogen-bond acceptors (Lipinski definition) is 7. The smallest absolute Gasteiger partial charge is 0.310 e. The second-order valence-electron chi connectivity index (χ2n) is 16.6. The van der Waals surface area contributed by atoms with E-state index in [0.717, 1.165) is 33.4 Å². The summed E-state index contributed by atoms with van der Waals surface area (Å²) in [6.07, 6.45) is 0.517. The van der Waals surface area contributed by atoms with Gasteiger partial charge >= 0.3 is 11.9 Å². The van der Waals surface area contributed by atoms with Crippen molar-refractivity contribution >= 4 is 23.7 Å². The predicted octanol–water partition coefficient (Wildman–Crippen LogP) is 8.14. The molecule has 0 aliphatic carbocycles. The minimum atomic E-state index is -0.809. The highest BCUT2D eigenvalue weighted by Crippen LogP contribution is 2.42. The van der Waals surface area contributed by atoms with Crippen LogP contribution in [0.25, 0.3) is 0 Å². The van der Waals surface area contributed by atoms with Crippen LogP contribution in [0.5, 0.6) is 11.5 Å². The number of phenolic OH excluding ortho intramolecular Hbond substituents is 2. The standard InChI is InChI=1S/C38H56O6S/c1-35(2,3)27-19-23(20-28(31(27)39)36(4,5)6)17-25-26(34(42)44-14-16-45-15-13-43-33(25)41)18-24-21-29(37(7,8)9)32(40)30(22-24)38(10,11)12/h19-22,25-26,39-40H,13-18H2,1-12H3. The van der Waals surface area contributed by atoms with Gasteiger partial charge in [0.1, 0.15) is 24.7 Å². The average Bonchev–Trinajstić information content (AvgIpc) is 2.90. The van der Waals surface area contributed by atoms with Crippen molar-refractivity contribution in [1.29, 1.82) is 0 Å². The number of carbonyl (C=O) groups excluding carboxylic acids is 2. The van der Waals surface area contributed by atoms with Crippen molar-refractivity contribution in [3.05, 3.63) is 57.6 Å². The van der Waals surface area contributed by atoms with Crippen molar-refractivity contribution in [2.45, 2.75) is 118 Å². The van der Waals surface area contributed by atoms with E-state index in [-0.39, 0.29) is 59.2 Å². The number of thioether (sulfide) groups is 1. The molecular weight excluding hydrogens is 584 g/mol. The van der Waals surface area contributed by atoms with Crippen LogP contribution in [0.2, 0.25) is 0 Å². The fraction of sp³-hybridized carbons (Fsp3) is 0.632. The first-order valence-corrected chi connectivity index (χ1v) is 17.3. The molecule has 0 amide bonds. The molecule has 0 saturated carbocycles. The number of ether oxygens (including phenoxy) is 2. The summed E-state index contributed by atoms with van der Waals surface area (Å²) in [7, 11) is 0. The van der Waals surface area contributed by atoms with Gasteiger partial charge in [-0.05, 0) is 67.9 Å². The molecule has 6 nitrogen and oxygen atoms in total. The minimum absolute atomic E-state index is 0.258. The van der Waals surface area contributed by atoms with Crippen molar-refractivity contribution in [3.8, 4) is 11.5 Å². The molecule has 250 valence electrons. The van der Waals surface area contributed by atoms with Crippen molar-refractivity contribution in [2.75, 3.05) is 24.7 Å². The quantitative estimate of drug-likeness (QED) is 0.326. The van der Waals surface area contributed by atoms with Gasteiger partial charge in [-0.25, -0.2) is 0 Å². The molecule has 2 atom stereocenters. The summed E-state index contributed by atoms with van der Waals surface area (Å²) >= 11 is 1.59. The largest absolute Gasteiger partial charge is 0.507 e. The normalized spacial score (nSPS) is 19.5. The number of aromatic hydroxyl groups is 2. The Morgan fingerprint density at radius 2 is 0.844 bits per heavy atom. The van der Waals surface area contributed by atoms with Crippen LogP contribution >= 0.6 is 11.8 Å². The summed E-state index contributed by atoms with van der Waals surface area (Å²) in [5, 5.41) is 22.7. The van der Waals surface area contributed by atoms with E-state index in [1.807, 2.05) is 24.3 Å². The topological polar surface area (TPSA) is 93.1 Å². The maximum atomic E-state index is 13.9.